The molecule has 3 nitrogen and oxygen atoms in total. The zero-order valence-corrected chi connectivity index (χ0v) is 6.01. The van der Waals surface area contributed by atoms with Gasteiger partial charge >= 0.3 is 0 Å². The van der Waals surface area contributed by atoms with Crippen molar-refractivity contribution in [2.24, 2.45) is 0 Å². The highest BCUT2D eigenvalue weighted by Crippen LogP contribution is 2.05. The smallest absolute Gasteiger partial charge is 0.145 e. The molecule has 0 aromatic rings. The number of hydrogen-bond acceptors (Lipinski definition) is 3. The quantitative estimate of drug-likeness (QED) is 0.563. The molecule has 1 saturated heterocycles. The van der Waals surface area contributed by atoms with E-state index < -0.39 is 0 Å². The molecule has 1 rings (SSSR count). The molecule has 0 amide bonds. The van der Waals surface area contributed by atoms with E-state index in [9.17, 15) is 4.79 Å². The molecule has 58 valence electrons. The molecule has 0 aromatic heterocycles. The lowest BCUT2D eigenvalue weighted by Gasteiger charge is -2.21. The van der Waals surface area contributed by atoms with Gasteiger partial charge in [0.25, 0.3) is 0 Å². The maximum atomic E-state index is 9.91. The number of piperidine rings is 1. The number of aldehydes is 1. The molecular weight excluding hydrogens is 130 g/mol. The highest BCUT2D eigenvalue weighted by molar-refractivity contribution is 5.50. The monoisotopic (exact) mass is 143 g/mol. The molecule has 1 aliphatic heterocycles. The van der Waals surface area contributed by atoms with Crippen LogP contribution in [0.15, 0.2) is 0 Å². The molecular formula is C7H13NO2. The predicted molar refractivity (Wildman–Crippen MR) is 37.9 cm³/mol. The molecule has 3 heteroatoms. The standard InChI is InChI=1S/C7H13NO2/c9-5-6-10-7-1-3-8-4-2-7/h5,7-8H,1-4,6H2. The second kappa shape index (κ2) is 4.41. The molecule has 0 radical (unpaired) electrons. The third kappa shape index (κ3) is 2.45. The minimum absolute atomic E-state index is 0.255. The van der Waals surface area contributed by atoms with Crippen LogP contribution in [0.4, 0.5) is 0 Å². The molecule has 0 bridgehead atoms. The van der Waals surface area contributed by atoms with Gasteiger partial charge in [-0.3, -0.25) is 0 Å². The van der Waals surface area contributed by atoms with Crippen molar-refractivity contribution in [1.29, 1.82) is 0 Å². The van der Waals surface area contributed by atoms with E-state index in [0.29, 0.717) is 6.10 Å². The van der Waals surface area contributed by atoms with E-state index in [2.05, 4.69) is 5.32 Å². The van der Waals surface area contributed by atoms with Crippen LogP contribution in [0.3, 0.4) is 0 Å². The second-order valence-corrected chi connectivity index (χ2v) is 2.45. The van der Waals surface area contributed by atoms with Crippen molar-refractivity contribution < 1.29 is 9.53 Å². The Balaban J connectivity index is 2.07. The summed E-state index contributed by atoms with van der Waals surface area (Å²) in [6.45, 7) is 2.29. The highest BCUT2D eigenvalue weighted by atomic mass is 16.5. The molecule has 0 saturated carbocycles. The van der Waals surface area contributed by atoms with Crippen molar-refractivity contribution in [2.45, 2.75) is 18.9 Å². The number of nitrogens with one attached hydrogen (secondary N) is 1. The minimum Gasteiger partial charge on any atom is -0.371 e. The van der Waals surface area contributed by atoms with Gasteiger partial charge in [-0.2, -0.15) is 0 Å². The van der Waals surface area contributed by atoms with Crippen molar-refractivity contribution >= 4 is 6.29 Å². The van der Waals surface area contributed by atoms with Gasteiger partial charge in [0.1, 0.15) is 12.9 Å². The average molecular weight is 143 g/mol. The minimum atomic E-state index is 0.255. The van der Waals surface area contributed by atoms with Crippen LogP contribution in [0.2, 0.25) is 0 Å². The van der Waals surface area contributed by atoms with Crippen LogP contribution in [0, 0.1) is 0 Å². The van der Waals surface area contributed by atoms with Gasteiger partial charge in [0, 0.05) is 0 Å². The Labute approximate surface area is 60.7 Å². The van der Waals surface area contributed by atoms with Crippen molar-refractivity contribution in [2.75, 3.05) is 19.7 Å². The van der Waals surface area contributed by atoms with Gasteiger partial charge in [-0.15, -0.1) is 0 Å². The first-order valence-electron chi connectivity index (χ1n) is 3.69. The molecule has 1 aliphatic rings. The first-order valence-corrected chi connectivity index (χ1v) is 3.69. The summed E-state index contributed by atoms with van der Waals surface area (Å²) in [5.41, 5.74) is 0. The summed E-state index contributed by atoms with van der Waals surface area (Å²) < 4.78 is 5.22. The topological polar surface area (TPSA) is 38.3 Å². The Hall–Kier alpha value is -0.410. The summed E-state index contributed by atoms with van der Waals surface area (Å²) in [6, 6.07) is 0. The van der Waals surface area contributed by atoms with Crippen molar-refractivity contribution in [3.63, 3.8) is 0 Å². The van der Waals surface area contributed by atoms with Crippen LogP contribution in [-0.4, -0.2) is 32.1 Å². The molecule has 0 aromatic carbocycles. The first-order chi connectivity index (χ1) is 4.93. The van der Waals surface area contributed by atoms with E-state index in [-0.39, 0.29) is 6.61 Å². The number of carbonyl (C=O) groups is 1. The van der Waals surface area contributed by atoms with Crippen LogP contribution in [0.5, 0.6) is 0 Å². The Bertz CT molecular complexity index is 99.8. The lowest BCUT2D eigenvalue weighted by Crippen LogP contribution is -2.32. The molecule has 10 heavy (non-hydrogen) atoms. The van der Waals surface area contributed by atoms with Crippen LogP contribution in [0.1, 0.15) is 12.8 Å². The van der Waals surface area contributed by atoms with Gasteiger partial charge in [0.2, 0.25) is 0 Å². The molecule has 0 spiro atoms. The maximum absolute atomic E-state index is 9.91. The van der Waals surface area contributed by atoms with E-state index in [4.69, 9.17) is 4.74 Å². The van der Waals surface area contributed by atoms with Crippen LogP contribution < -0.4 is 5.32 Å². The summed E-state index contributed by atoms with van der Waals surface area (Å²) in [7, 11) is 0. The number of rotatable bonds is 3. The molecule has 1 fully saturated rings. The highest BCUT2D eigenvalue weighted by Gasteiger charge is 2.11. The lowest BCUT2D eigenvalue weighted by atomic mass is 10.1. The van der Waals surface area contributed by atoms with E-state index in [1.165, 1.54) is 0 Å². The summed E-state index contributed by atoms with van der Waals surface area (Å²) in [5, 5.41) is 3.22. The molecule has 0 atom stereocenters. The van der Waals surface area contributed by atoms with Crippen molar-refractivity contribution in [3.8, 4) is 0 Å². The Morgan fingerprint density at radius 1 is 1.50 bits per heavy atom. The van der Waals surface area contributed by atoms with Crippen LogP contribution in [-0.2, 0) is 9.53 Å². The number of carbonyl (C=O) groups excluding carboxylic acids is 1. The third-order valence-electron chi connectivity index (χ3n) is 1.69. The lowest BCUT2D eigenvalue weighted by molar-refractivity contribution is -0.114. The van der Waals surface area contributed by atoms with Gasteiger partial charge in [0.15, 0.2) is 0 Å². The van der Waals surface area contributed by atoms with Gasteiger partial charge in [-0.05, 0) is 25.9 Å². The van der Waals surface area contributed by atoms with Crippen LogP contribution in [0.25, 0.3) is 0 Å². The predicted octanol–water partition coefficient (Wildman–Crippen LogP) is -0.0461. The SMILES string of the molecule is O=CCOC1CCNCC1. The normalized spacial score (nSPS) is 20.8. The van der Waals surface area contributed by atoms with E-state index in [1.54, 1.807) is 0 Å². The summed E-state index contributed by atoms with van der Waals surface area (Å²) >= 11 is 0. The van der Waals surface area contributed by atoms with Gasteiger partial charge in [-0.1, -0.05) is 0 Å². The van der Waals surface area contributed by atoms with Gasteiger partial charge in [-0.25, -0.2) is 0 Å². The van der Waals surface area contributed by atoms with E-state index in [1.807, 2.05) is 0 Å². The molecule has 0 unspecified atom stereocenters. The Kier molecular flexibility index (Phi) is 3.40. The fourth-order valence-corrected chi connectivity index (χ4v) is 1.14. The maximum Gasteiger partial charge on any atom is 0.145 e. The molecule has 0 aliphatic carbocycles. The zero-order valence-electron chi connectivity index (χ0n) is 6.01. The first kappa shape index (κ1) is 7.69. The molecule has 1 N–H and O–H groups in total. The summed E-state index contributed by atoms with van der Waals surface area (Å²) in [5.74, 6) is 0. The van der Waals surface area contributed by atoms with Crippen LogP contribution >= 0.6 is 0 Å². The number of ether oxygens (including phenoxy) is 1. The third-order valence-corrected chi connectivity index (χ3v) is 1.69. The molecule has 1 heterocycles. The Morgan fingerprint density at radius 2 is 2.20 bits per heavy atom. The van der Waals surface area contributed by atoms with Gasteiger partial charge < -0.3 is 14.8 Å². The number of hydrogen-bond donors (Lipinski definition) is 1. The van der Waals surface area contributed by atoms with E-state index in [0.717, 1.165) is 32.2 Å². The second-order valence-electron chi connectivity index (χ2n) is 2.45. The fourth-order valence-electron chi connectivity index (χ4n) is 1.14. The summed E-state index contributed by atoms with van der Waals surface area (Å²) in [4.78, 5) is 9.91. The van der Waals surface area contributed by atoms with E-state index >= 15 is 0 Å². The van der Waals surface area contributed by atoms with Crippen molar-refractivity contribution in [1.82, 2.24) is 5.32 Å². The largest absolute Gasteiger partial charge is 0.371 e. The average Bonchev–Trinajstić information content (AvgIpc) is 2.03. The Morgan fingerprint density at radius 3 is 2.80 bits per heavy atom. The van der Waals surface area contributed by atoms with Gasteiger partial charge in [0.05, 0.1) is 6.10 Å². The zero-order chi connectivity index (χ0) is 7.23. The summed E-state index contributed by atoms with van der Waals surface area (Å²) in [6.07, 6.45) is 3.19. The van der Waals surface area contributed by atoms with Crippen molar-refractivity contribution in [3.05, 3.63) is 0 Å². The fraction of sp³-hybridized carbons (Fsp3) is 0.857.